The van der Waals surface area contributed by atoms with Crippen molar-refractivity contribution in [1.82, 2.24) is 9.97 Å². The highest BCUT2D eigenvalue weighted by atomic mass is 32.2. The van der Waals surface area contributed by atoms with Crippen LogP contribution in [0.2, 0.25) is 0 Å². The van der Waals surface area contributed by atoms with Gasteiger partial charge in [0.25, 0.3) is 5.56 Å². The van der Waals surface area contributed by atoms with E-state index in [0.717, 1.165) is 45.0 Å². The minimum Gasteiger partial charge on any atom is -0.324 e. The number of carbonyl (C=O) groups excluding carboxylic acids is 1. The number of thioether (sulfide) groups is 1. The van der Waals surface area contributed by atoms with Crippen molar-refractivity contribution in [3.63, 3.8) is 0 Å². The second-order valence-corrected chi connectivity index (χ2v) is 11.3. The molecule has 1 unspecified atom stereocenters. The van der Waals surface area contributed by atoms with Crippen LogP contribution in [0.5, 0.6) is 0 Å². The van der Waals surface area contributed by atoms with Crippen LogP contribution in [-0.2, 0) is 17.6 Å². The largest absolute Gasteiger partial charge is 0.324 e. The first-order valence-corrected chi connectivity index (χ1v) is 13.5. The molecule has 4 aromatic rings. The van der Waals surface area contributed by atoms with Gasteiger partial charge in [0.1, 0.15) is 4.83 Å². The Balaban J connectivity index is 1.28. The molecule has 2 aromatic heterocycles. The van der Waals surface area contributed by atoms with Crippen molar-refractivity contribution in [3.8, 4) is 0 Å². The maximum atomic E-state index is 12.8. The maximum absolute atomic E-state index is 12.8. The normalized spacial score (nSPS) is 15.4. The topological polar surface area (TPSA) is 74.8 Å². The molecule has 1 atom stereocenters. The van der Waals surface area contributed by atoms with Crippen LogP contribution in [0.3, 0.4) is 0 Å². The highest BCUT2D eigenvalue weighted by Crippen LogP contribution is 2.36. The lowest BCUT2D eigenvalue weighted by molar-refractivity contribution is -0.113. The van der Waals surface area contributed by atoms with Gasteiger partial charge in [-0.25, -0.2) is 4.98 Å². The number of hydrogen-bond acceptors (Lipinski definition) is 6. The number of thiophene rings is 1. The van der Waals surface area contributed by atoms with E-state index in [2.05, 4.69) is 22.2 Å². The Morgan fingerprint density at radius 3 is 2.82 bits per heavy atom. The fourth-order valence-corrected chi connectivity index (χ4v) is 7.02. The molecule has 168 valence electrons. The third kappa shape index (κ3) is 5.03. The second kappa shape index (κ2) is 9.75. The molecule has 0 bridgehead atoms. The molecule has 0 fully saturated rings. The second-order valence-electron chi connectivity index (χ2n) is 8.15. The molecule has 1 amide bonds. The fourth-order valence-electron chi connectivity index (χ4n) is 3.99. The summed E-state index contributed by atoms with van der Waals surface area (Å²) in [6.45, 7) is 2.25. The minimum absolute atomic E-state index is 0.0976. The van der Waals surface area contributed by atoms with Gasteiger partial charge < -0.3 is 10.3 Å². The predicted molar refractivity (Wildman–Crippen MR) is 138 cm³/mol. The number of rotatable bonds is 6. The van der Waals surface area contributed by atoms with E-state index in [-0.39, 0.29) is 17.2 Å². The van der Waals surface area contributed by atoms with Gasteiger partial charge in [0, 0.05) is 14.7 Å². The van der Waals surface area contributed by atoms with Crippen molar-refractivity contribution in [2.75, 3.05) is 11.1 Å². The van der Waals surface area contributed by atoms with Gasteiger partial charge in [-0.05, 0) is 55.0 Å². The minimum atomic E-state index is -0.136. The zero-order chi connectivity index (χ0) is 22.8. The number of aromatic amines is 1. The summed E-state index contributed by atoms with van der Waals surface area (Å²) in [5.41, 5.74) is 1.84. The predicted octanol–water partition coefficient (Wildman–Crippen LogP) is 5.99. The van der Waals surface area contributed by atoms with Crippen LogP contribution in [0.25, 0.3) is 10.2 Å². The third-order valence-corrected chi connectivity index (χ3v) is 8.72. The lowest BCUT2D eigenvalue weighted by Gasteiger charge is -2.17. The summed E-state index contributed by atoms with van der Waals surface area (Å²) in [6, 6.07) is 17.8. The number of para-hydroxylation sites is 1. The Labute approximate surface area is 204 Å². The van der Waals surface area contributed by atoms with Gasteiger partial charge in [0.05, 0.1) is 16.8 Å². The smallest absolute Gasteiger partial charge is 0.260 e. The number of anilines is 1. The van der Waals surface area contributed by atoms with Crippen molar-refractivity contribution >= 4 is 56.7 Å². The molecule has 1 aliphatic carbocycles. The van der Waals surface area contributed by atoms with E-state index < -0.39 is 0 Å². The molecular weight excluding hydrogens is 470 g/mol. The summed E-state index contributed by atoms with van der Waals surface area (Å²) in [5.74, 6) is 0.675. The molecule has 8 heteroatoms. The van der Waals surface area contributed by atoms with Crippen molar-refractivity contribution in [2.45, 2.75) is 41.1 Å². The van der Waals surface area contributed by atoms with Gasteiger partial charge in [-0.15, -0.1) is 11.3 Å². The molecule has 0 saturated heterocycles. The van der Waals surface area contributed by atoms with Gasteiger partial charge in [0.2, 0.25) is 5.91 Å². The van der Waals surface area contributed by atoms with Crippen LogP contribution in [-0.4, -0.2) is 21.6 Å². The zero-order valence-corrected chi connectivity index (χ0v) is 20.5. The summed E-state index contributed by atoms with van der Waals surface area (Å²) in [4.78, 5) is 37.1. The maximum Gasteiger partial charge on any atom is 0.260 e. The lowest BCUT2D eigenvalue weighted by atomic mass is 9.89. The average Bonchev–Trinajstić information content (AvgIpc) is 3.17. The molecule has 2 heterocycles. The summed E-state index contributed by atoms with van der Waals surface area (Å²) >= 11 is 4.49. The van der Waals surface area contributed by atoms with Crippen LogP contribution in [0, 0.1) is 5.92 Å². The Hall–Kier alpha value is -2.55. The fraction of sp³-hybridized carbons (Fsp3) is 0.240. The molecular formula is C25H23N3O2S3. The Bertz CT molecular complexity index is 1360. The van der Waals surface area contributed by atoms with E-state index >= 15 is 0 Å². The molecule has 33 heavy (non-hydrogen) atoms. The highest BCUT2D eigenvalue weighted by molar-refractivity contribution is 8.00. The van der Waals surface area contributed by atoms with Crippen LogP contribution >= 0.6 is 34.9 Å². The molecule has 5 nitrogen and oxygen atoms in total. The first-order chi connectivity index (χ1) is 16.1. The number of aryl methyl sites for hydroxylation is 1. The molecule has 0 aliphatic heterocycles. The molecule has 0 saturated carbocycles. The first-order valence-electron chi connectivity index (χ1n) is 10.9. The zero-order valence-electron chi connectivity index (χ0n) is 18.1. The van der Waals surface area contributed by atoms with Gasteiger partial charge in [-0.1, -0.05) is 60.8 Å². The Morgan fingerprint density at radius 2 is 1.97 bits per heavy atom. The number of H-pyrrole nitrogens is 1. The van der Waals surface area contributed by atoms with Crippen molar-refractivity contribution in [2.24, 2.45) is 5.92 Å². The van der Waals surface area contributed by atoms with Crippen LogP contribution in [0.1, 0.15) is 23.8 Å². The van der Waals surface area contributed by atoms with Gasteiger partial charge in [-0.2, -0.15) is 0 Å². The molecule has 1 aliphatic rings. The van der Waals surface area contributed by atoms with Gasteiger partial charge >= 0.3 is 0 Å². The number of amides is 1. The number of nitrogens with one attached hydrogen (secondary N) is 2. The summed E-state index contributed by atoms with van der Waals surface area (Å²) in [7, 11) is 0. The monoisotopic (exact) mass is 493 g/mol. The van der Waals surface area contributed by atoms with E-state index in [1.54, 1.807) is 23.1 Å². The number of hydrogen-bond donors (Lipinski definition) is 2. The Morgan fingerprint density at radius 1 is 1.18 bits per heavy atom. The first kappa shape index (κ1) is 22.3. The summed E-state index contributed by atoms with van der Waals surface area (Å²) in [5, 5.41) is 4.23. The molecule has 5 rings (SSSR count). The molecule has 0 spiro atoms. The van der Waals surface area contributed by atoms with Crippen LogP contribution < -0.4 is 10.9 Å². The van der Waals surface area contributed by atoms with Crippen molar-refractivity contribution < 1.29 is 4.79 Å². The van der Waals surface area contributed by atoms with E-state index in [1.807, 2.05) is 54.6 Å². The van der Waals surface area contributed by atoms with E-state index in [4.69, 9.17) is 0 Å². The summed E-state index contributed by atoms with van der Waals surface area (Å²) < 4.78 is 0. The summed E-state index contributed by atoms with van der Waals surface area (Å²) in [6.07, 6.45) is 3.07. The number of aromatic nitrogens is 2. The lowest BCUT2D eigenvalue weighted by Crippen LogP contribution is -2.16. The van der Waals surface area contributed by atoms with Crippen molar-refractivity contribution in [1.29, 1.82) is 0 Å². The van der Waals surface area contributed by atoms with Crippen LogP contribution in [0.15, 0.2) is 74.3 Å². The van der Waals surface area contributed by atoms with Gasteiger partial charge in [-0.3, -0.25) is 9.59 Å². The van der Waals surface area contributed by atoms with E-state index in [9.17, 15) is 9.59 Å². The standard InChI is InChI=1S/C25H23N3O2S3/c1-15-11-12-17-20(13-15)33-24-22(17)23(30)27-25(28-24)31-14-21(29)26-18-9-5-6-10-19(18)32-16-7-3-2-4-8-16/h2-10,15H,11-14H2,1H3,(H,26,29)(H,27,28,30). The number of fused-ring (bicyclic) bond motifs is 3. The SMILES string of the molecule is CC1CCc2c(sc3nc(SCC(=O)Nc4ccccc4Sc4ccccc4)[nH]c(=O)c23)C1. The number of benzene rings is 2. The van der Waals surface area contributed by atoms with Crippen molar-refractivity contribution in [3.05, 3.63) is 75.4 Å². The quantitative estimate of drug-likeness (QED) is 0.255. The Kier molecular flexibility index (Phi) is 6.57. The molecule has 2 N–H and O–H groups in total. The number of nitrogens with zero attached hydrogens (tertiary/aromatic N) is 1. The molecule has 2 aromatic carbocycles. The highest BCUT2D eigenvalue weighted by Gasteiger charge is 2.23. The van der Waals surface area contributed by atoms with Crippen LogP contribution in [0.4, 0.5) is 5.69 Å². The number of carbonyl (C=O) groups is 1. The van der Waals surface area contributed by atoms with E-state index in [1.165, 1.54) is 22.2 Å². The van der Waals surface area contributed by atoms with Gasteiger partial charge in [0.15, 0.2) is 5.16 Å². The van der Waals surface area contributed by atoms with E-state index in [0.29, 0.717) is 11.1 Å². The average molecular weight is 494 g/mol. The third-order valence-electron chi connectivity index (χ3n) is 5.62. The molecule has 0 radical (unpaired) electrons.